The standard InChI is InChI=1S/C11H8BrClN4O/c12-7-3-6(13)1-2-9(7)18-10-5-16-8(4-17-10)11(14)15/h1-5H,(H3,14,15). The highest BCUT2D eigenvalue weighted by molar-refractivity contribution is 9.10. The molecular formula is C11H8BrClN4O. The molecule has 0 radical (unpaired) electrons. The van der Waals surface area contributed by atoms with Crippen LogP contribution in [0.4, 0.5) is 0 Å². The third kappa shape index (κ3) is 2.96. The fraction of sp³-hybridized carbons (Fsp3) is 0. The molecule has 0 bridgehead atoms. The van der Waals surface area contributed by atoms with Gasteiger partial charge >= 0.3 is 0 Å². The van der Waals surface area contributed by atoms with E-state index < -0.39 is 0 Å². The molecule has 0 unspecified atom stereocenters. The summed E-state index contributed by atoms with van der Waals surface area (Å²) in [5.41, 5.74) is 5.58. The van der Waals surface area contributed by atoms with Crippen LogP contribution in [-0.2, 0) is 0 Å². The summed E-state index contributed by atoms with van der Waals surface area (Å²) >= 11 is 9.16. The number of ether oxygens (including phenoxy) is 1. The van der Waals surface area contributed by atoms with Crippen LogP contribution in [0.5, 0.6) is 11.6 Å². The lowest BCUT2D eigenvalue weighted by Crippen LogP contribution is -2.13. The van der Waals surface area contributed by atoms with Crippen LogP contribution >= 0.6 is 27.5 Å². The molecule has 18 heavy (non-hydrogen) atoms. The third-order valence-electron chi connectivity index (χ3n) is 2.01. The van der Waals surface area contributed by atoms with Crippen molar-refractivity contribution in [1.82, 2.24) is 9.97 Å². The van der Waals surface area contributed by atoms with Gasteiger partial charge in [-0.3, -0.25) is 5.41 Å². The average molecular weight is 328 g/mol. The maximum Gasteiger partial charge on any atom is 0.237 e. The predicted octanol–water partition coefficient (Wildman–Crippen LogP) is 2.97. The molecule has 2 aromatic rings. The van der Waals surface area contributed by atoms with Crippen LogP contribution in [0.15, 0.2) is 35.1 Å². The molecule has 7 heteroatoms. The van der Waals surface area contributed by atoms with Crippen molar-refractivity contribution < 1.29 is 4.74 Å². The summed E-state index contributed by atoms with van der Waals surface area (Å²) in [5, 5.41) is 7.80. The Labute approximate surface area is 117 Å². The minimum Gasteiger partial charge on any atom is -0.436 e. The second-order valence-corrected chi connectivity index (χ2v) is 4.62. The molecule has 2 rings (SSSR count). The molecule has 0 fully saturated rings. The molecular weight excluding hydrogens is 320 g/mol. The van der Waals surface area contributed by atoms with Gasteiger partial charge in [0.2, 0.25) is 5.88 Å². The van der Waals surface area contributed by atoms with Crippen LogP contribution in [-0.4, -0.2) is 15.8 Å². The number of hydrogen-bond acceptors (Lipinski definition) is 4. The fourth-order valence-corrected chi connectivity index (χ4v) is 1.94. The van der Waals surface area contributed by atoms with Gasteiger partial charge in [0.15, 0.2) is 0 Å². The van der Waals surface area contributed by atoms with E-state index in [1.165, 1.54) is 12.4 Å². The van der Waals surface area contributed by atoms with Crippen LogP contribution in [0, 0.1) is 5.41 Å². The molecule has 0 spiro atoms. The topological polar surface area (TPSA) is 84.9 Å². The van der Waals surface area contributed by atoms with Gasteiger partial charge in [0.05, 0.1) is 16.9 Å². The Morgan fingerprint density at radius 2 is 2.11 bits per heavy atom. The summed E-state index contributed by atoms with van der Waals surface area (Å²) in [6.07, 6.45) is 2.78. The summed E-state index contributed by atoms with van der Waals surface area (Å²) in [7, 11) is 0. The maximum atomic E-state index is 7.20. The van der Waals surface area contributed by atoms with Crippen molar-refractivity contribution >= 4 is 33.4 Å². The summed E-state index contributed by atoms with van der Waals surface area (Å²) < 4.78 is 6.22. The van der Waals surface area contributed by atoms with E-state index in [9.17, 15) is 0 Å². The summed E-state index contributed by atoms with van der Waals surface area (Å²) in [6, 6.07) is 5.14. The summed E-state index contributed by atoms with van der Waals surface area (Å²) in [4.78, 5) is 7.94. The number of benzene rings is 1. The number of rotatable bonds is 3. The minimum absolute atomic E-state index is 0.137. The molecule has 0 aliphatic rings. The fourth-order valence-electron chi connectivity index (χ4n) is 1.18. The second kappa shape index (κ2) is 5.32. The minimum atomic E-state index is -0.137. The number of hydrogen-bond donors (Lipinski definition) is 2. The van der Waals surface area contributed by atoms with Crippen LogP contribution < -0.4 is 10.5 Å². The van der Waals surface area contributed by atoms with E-state index in [1.54, 1.807) is 18.2 Å². The van der Waals surface area contributed by atoms with Crippen LogP contribution in [0.3, 0.4) is 0 Å². The lowest BCUT2D eigenvalue weighted by molar-refractivity contribution is 0.457. The number of halogens is 2. The van der Waals surface area contributed by atoms with E-state index in [0.29, 0.717) is 26.8 Å². The lowest BCUT2D eigenvalue weighted by atomic mass is 10.3. The Hall–Kier alpha value is -1.66. The Morgan fingerprint density at radius 3 is 2.67 bits per heavy atom. The molecule has 3 N–H and O–H groups in total. The van der Waals surface area contributed by atoms with Gasteiger partial charge in [-0.2, -0.15) is 0 Å². The lowest BCUT2D eigenvalue weighted by Gasteiger charge is -2.06. The highest BCUT2D eigenvalue weighted by atomic mass is 79.9. The van der Waals surface area contributed by atoms with Gasteiger partial charge in [-0.1, -0.05) is 11.6 Å². The first-order valence-electron chi connectivity index (χ1n) is 4.85. The van der Waals surface area contributed by atoms with Gasteiger partial charge < -0.3 is 10.5 Å². The third-order valence-corrected chi connectivity index (χ3v) is 2.87. The van der Waals surface area contributed by atoms with Crippen molar-refractivity contribution in [1.29, 1.82) is 5.41 Å². The number of nitrogens with two attached hydrogens (primary N) is 1. The maximum absolute atomic E-state index is 7.20. The highest BCUT2D eigenvalue weighted by Gasteiger charge is 2.06. The van der Waals surface area contributed by atoms with E-state index in [2.05, 4.69) is 25.9 Å². The Balaban J connectivity index is 2.21. The van der Waals surface area contributed by atoms with E-state index >= 15 is 0 Å². The second-order valence-electron chi connectivity index (χ2n) is 3.33. The van der Waals surface area contributed by atoms with Crippen LogP contribution in [0.1, 0.15) is 5.69 Å². The molecule has 0 saturated carbocycles. The average Bonchev–Trinajstić information content (AvgIpc) is 2.33. The summed E-state index contributed by atoms with van der Waals surface area (Å²) in [5.74, 6) is 0.744. The first-order chi connectivity index (χ1) is 8.56. The van der Waals surface area contributed by atoms with Gasteiger partial charge in [0, 0.05) is 5.02 Å². The molecule has 0 saturated heterocycles. The normalized spacial score (nSPS) is 10.1. The van der Waals surface area contributed by atoms with Crippen molar-refractivity contribution in [3.8, 4) is 11.6 Å². The van der Waals surface area contributed by atoms with E-state index in [1.807, 2.05) is 0 Å². The predicted molar refractivity (Wildman–Crippen MR) is 72.3 cm³/mol. The van der Waals surface area contributed by atoms with Gasteiger partial charge in [0.1, 0.15) is 17.3 Å². The number of amidine groups is 1. The number of aromatic nitrogens is 2. The molecule has 0 atom stereocenters. The Bertz CT molecular complexity index is 588. The molecule has 0 aliphatic heterocycles. The number of nitrogens with zero attached hydrogens (tertiary/aromatic N) is 2. The van der Waals surface area contributed by atoms with Gasteiger partial charge in [-0.15, -0.1) is 0 Å². The molecule has 5 nitrogen and oxygen atoms in total. The molecule has 92 valence electrons. The van der Waals surface area contributed by atoms with E-state index in [4.69, 9.17) is 27.5 Å². The first kappa shape index (κ1) is 12.8. The van der Waals surface area contributed by atoms with Crippen molar-refractivity contribution in [3.05, 3.63) is 45.8 Å². The van der Waals surface area contributed by atoms with Crippen molar-refractivity contribution in [3.63, 3.8) is 0 Å². The molecule has 1 aromatic carbocycles. The first-order valence-corrected chi connectivity index (χ1v) is 6.02. The number of nitrogens with one attached hydrogen (secondary N) is 1. The number of nitrogen functional groups attached to an aromatic ring is 1. The monoisotopic (exact) mass is 326 g/mol. The Kier molecular flexibility index (Phi) is 3.78. The molecule has 0 aliphatic carbocycles. The Morgan fingerprint density at radius 1 is 1.33 bits per heavy atom. The van der Waals surface area contributed by atoms with Gasteiger partial charge in [0.25, 0.3) is 0 Å². The zero-order valence-electron chi connectivity index (χ0n) is 9.02. The zero-order valence-corrected chi connectivity index (χ0v) is 11.4. The van der Waals surface area contributed by atoms with Crippen LogP contribution in [0.25, 0.3) is 0 Å². The quantitative estimate of drug-likeness (QED) is 0.670. The van der Waals surface area contributed by atoms with E-state index in [-0.39, 0.29) is 5.84 Å². The van der Waals surface area contributed by atoms with Crippen molar-refractivity contribution in [2.24, 2.45) is 5.73 Å². The highest BCUT2D eigenvalue weighted by Crippen LogP contribution is 2.30. The van der Waals surface area contributed by atoms with Crippen molar-refractivity contribution in [2.45, 2.75) is 0 Å². The zero-order chi connectivity index (χ0) is 13.1. The van der Waals surface area contributed by atoms with E-state index in [0.717, 1.165) is 0 Å². The van der Waals surface area contributed by atoms with Gasteiger partial charge in [-0.25, -0.2) is 9.97 Å². The largest absolute Gasteiger partial charge is 0.436 e. The molecule has 1 aromatic heterocycles. The van der Waals surface area contributed by atoms with Gasteiger partial charge in [-0.05, 0) is 34.1 Å². The molecule has 1 heterocycles. The van der Waals surface area contributed by atoms with Crippen LogP contribution in [0.2, 0.25) is 5.02 Å². The van der Waals surface area contributed by atoms with Crippen molar-refractivity contribution in [2.75, 3.05) is 0 Å². The molecule has 0 amide bonds. The summed E-state index contributed by atoms with van der Waals surface area (Å²) in [6.45, 7) is 0. The smallest absolute Gasteiger partial charge is 0.237 e. The SMILES string of the molecule is N=C(N)c1cnc(Oc2ccc(Cl)cc2Br)cn1.